The van der Waals surface area contributed by atoms with Crippen LogP contribution >= 0.6 is 0 Å². The second-order valence-corrected chi connectivity index (χ2v) is 3.75. The van der Waals surface area contributed by atoms with E-state index in [1.54, 1.807) is 18.2 Å². The van der Waals surface area contributed by atoms with Crippen LogP contribution in [-0.2, 0) is 0 Å². The Morgan fingerprint density at radius 1 is 1.35 bits per heavy atom. The van der Waals surface area contributed by atoms with Crippen LogP contribution in [0.1, 0.15) is 23.3 Å². The molecular weight excluding hydrogens is 218 g/mol. The number of benzene rings is 1. The normalized spacial score (nSPS) is 10.6. The molecule has 0 saturated heterocycles. The third-order valence-electron chi connectivity index (χ3n) is 2.47. The number of fused-ring (bicyclic) bond motifs is 1. The fraction of sp³-hybridized carbons (Fsp3) is 0.250. The number of rotatable bonds is 4. The number of carbonyl (C=O) groups is 1. The van der Waals surface area contributed by atoms with E-state index in [-0.39, 0.29) is 17.9 Å². The molecule has 0 fully saturated rings. The van der Waals surface area contributed by atoms with Gasteiger partial charge in [0.25, 0.3) is 5.56 Å². The van der Waals surface area contributed by atoms with Gasteiger partial charge in [-0.05, 0) is 25.1 Å². The molecule has 0 atom stereocenters. The number of nitrogens with zero attached hydrogens (tertiary/aromatic N) is 1. The van der Waals surface area contributed by atoms with E-state index in [9.17, 15) is 9.59 Å². The van der Waals surface area contributed by atoms with Crippen molar-refractivity contribution in [2.45, 2.75) is 12.8 Å². The first-order chi connectivity index (χ1) is 8.22. The first-order valence-corrected chi connectivity index (χ1v) is 5.44. The van der Waals surface area contributed by atoms with Gasteiger partial charge in [-0.2, -0.15) is 0 Å². The summed E-state index contributed by atoms with van der Waals surface area (Å²) in [6.45, 7) is 0.428. The molecule has 0 radical (unpaired) electrons. The van der Waals surface area contributed by atoms with Gasteiger partial charge in [0.05, 0.1) is 11.0 Å². The molecule has 0 aliphatic carbocycles. The molecule has 0 aliphatic rings. The summed E-state index contributed by atoms with van der Waals surface area (Å²) in [6.07, 6.45) is 0.817. The maximum Gasteiger partial charge on any atom is 0.278 e. The SMILES string of the molecule is NCCCC(=O)c1nc2ccccc2[nH]c1=O. The molecule has 5 nitrogen and oxygen atoms in total. The number of hydrogen-bond acceptors (Lipinski definition) is 4. The topological polar surface area (TPSA) is 88.8 Å². The summed E-state index contributed by atoms with van der Waals surface area (Å²) in [7, 11) is 0. The molecule has 3 N–H and O–H groups in total. The summed E-state index contributed by atoms with van der Waals surface area (Å²) in [4.78, 5) is 30.1. The van der Waals surface area contributed by atoms with E-state index in [1.807, 2.05) is 6.07 Å². The molecule has 1 aromatic carbocycles. The average molecular weight is 231 g/mol. The number of nitrogens with one attached hydrogen (secondary N) is 1. The zero-order valence-corrected chi connectivity index (χ0v) is 9.27. The van der Waals surface area contributed by atoms with Gasteiger partial charge in [0.2, 0.25) is 0 Å². The molecule has 0 aliphatic heterocycles. The third-order valence-corrected chi connectivity index (χ3v) is 2.47. The fourth-order valence-corrected chi connectivity index (χ4v) is 1.60. The van der Waals surface area contributed by atoms with Crippen molar-refractivity contribution >= 4 is 16.8 Å². The number of para-hydroxylation sites is 2. The first kappa shape index (κ1) is 11.5. The van der Waals surface area contributed by atoms with Gasteiger partial charge in [-0.3, -0.25) is 9.59 Å². The molecule has 2 aromatic rings. The van der Waals surface area contributed by atoms with Gasteiger partial charge >= 0.3 is 0 Å². The van der Waals surface area contributed by atoms with Crippen LogP contribution in [0.3, 0.4) is 0 Å². The van der Waals surface area contributed by atoms with Gasteiger partial charge in [-0.15, -0.1) is 0 Å². The Morgan fingerprint density at radius 2 is 2.12 bits per heavy atom. The number of aromatic amines is 1. The summed E-state index contributed by atoms with van der Waals surface area (Å²) in [5, 5.41) is 0. The molecule has 1 heterocycles. The average Bonchev–Trinajstić information content (AvgIpc) is 2.35. The Labute approximate surface area is 97.7 Å². The van der Waals surface area contributed by atoms with Gasteiger partial charge in [-0.1, -0.05) is 12.1 Å². The van der Waals surface area contributed by atoms with Gasteiger partial charge in [0.15, 0.2) is 11.5 Å². The van der Waals surface area contributed by atoms with Gasteiger partial charge < -0.3 is 10.7 Å². The van der Waals surface area contributed by atoms with E-state index < -0.39 is 5.56 Å². The number of ketones is 1. The quantitative estimate of drug-likeness (QED) is 0.763. The summed E-state index contributed by atoms with van der Waals surface area (Å²) in [5.74, 6) is -0.262. The van der Waals surface area contributed by atoms with Crippen molar-refractivity contribution in [3.8, 4) is 0 Å². The standard InChI is InChI=1S/C12H13N3O2/c13-7-3-6-10(16)11-12(17)15-9-5-2-1-4-8(9)14-11/h1-2,4-5H,3,6-7,13H2,(H,15,17). The lowest BCUT2D eigenvalue weighted by atomic mass is 10.1. The van der Waals surface area contributed by atoms with Crippen molar-refractivity contribution in [3.05, 3.63) is 40.3 Å². The van der Waals surface area contributed by atoms with Crippen LogP contribution in [0.15, 0.2) is 29.1 Å². The largest absolute Gasteiger partial charge is 0.330 e. The third kappa shape index (κ3) is 2.39. The summed E-state index contributed by atoms with van der Waals surface area (Å²) in [6, 6.07) is 7.11. The van der Waals surface area contributed by atoms with Crippen LogP contribution in [-0.4, -0.2) is 22.3 Å². The monoisotopic (exact) mass is 231 g/mol. The highest BCUT2D eigenvalue weighted by Crippen LogP contribution is 2.07. The van der Waals surface area contributed by atoms with E-state index in [0.717, 1.165) is 0 Å². The van der Waals surface area contributed by atoms with Crippen LogP contribution < -0.4 is 11.3 Å². The fourth-order valence-electron chi connectivity index (χ4n) is 1.60. The van der Waals surface area contributed by atoms with Crippen molar-refractivity contribution in [3.63, 3.8) is 0 Å². The minimum absolute atomic E-state index is 0.0304. The number of carbonyl (C=O) groups excluding carboxylic acids is 1. The Balaban J connectivity index is 2.44. The highest BCUT2D eigenvalue weighted by Gasteiger charge is 2.12. The van der Waals surface area contributed by atoms with Gasteiger partial charge in [0, 0.05) is 6.42 Å². The molecule has 0 saturated carbocycles. The van der Waals surface area contributed by atoms with E-state index in [4.69, 9.17) is 5.73 Å². The molecule has 0 spiro atoms. The lowest BCUT2D eigenvalue weighted by molar-refractivity contribution is 0.0974. The second kappa shape index (κ2) is 4.88. The van der Waals surface area contributed by atoms with Crippen molar-refractivity contribution in [1.82, 2.24) is 9.97 Å². The predicted molar refractivity (Wildman–Crippen MR) is 65.0 cm³/mol. The Morgan fingerprint density at radius 3 is 2.88 bits per heavy atom. The Hall–Kier alpha value is -2.01. The van der Waals surface area contributed by atoms with Crippen LogP contribution in [0.25, 0.3) is 11.0 Å². The Bertz CT molecular complexity index is 604. The van der Waals surface area contributed by atoms with Gasteiger partial charge in [0.1, 0.15) is 0 Å². The van der Waals surface area contributed by atoms with E-state index in [0.29, 0.717) is 24.0 Å². The number of hydrogen-bond donors (Lipinski definition) is 2. The van der Waals surface area contributed by atoms with Crippen LogP contribution in [0.5, 0.6) is 0 Å². The minimum Gasteiger partial charge on any atom is -0.330 e. The van der Waals surface area contributed by atoms with E-state index in [1.165, 1.54) is 0 Å². The molecule has 2 rings (SSSR count). The lowest BCUT2D eigenvalue weighted by Gasteiger charge is -2.01. The summed E-state index contributed by atoms with van der Waals surface area (Å²) < 4.78 is 0. The maximum atomic E-state index is 11.7. The first-order valence-electron chi connectivity index (χ1n) is 5.44. The number of Topliss-reactive ketones (excluding diaryl/α,β-unsaturated/α-hetero) is 1. The van der Waals surface area contributed by atoms with Crippen molar-refractivity contribution in [2.24, 2.45) is 5.73 Å². The molecule has 0 bridgehead atoms. The molecular formula is C12H13N3O2. The predicted octanol–water partition coefficient (Wildman–Crippen LogP) is 0.845. The molecule has 17 heavy (non-hydrogen) atoms. The number of aromatic nitrogens is 2. The van der Waals surface area contributed by atoms with Crippen molar-refractivity contribution in [1.29, 1.82) is 0 Å². The van der Waals surface area contributed by atoms with Crippen molar-refractivity contribution in [2.75, 3.05) is 6.54 Å². The van der Waals surface area contributed by atoms with E-state index in [2.05, 4.69) is 9.97 Å². The van der Waals surface area contributed by atoms with Crippen LogP contribution in [0.4, 0.5) is 0 Å². The molecule has 0 unspecified atom stereocenters. The summed E-state index contributed by atoms with van der Waals surface area (Å²) in [5.41, 5.74) is 6.10. The van der Waals surface area contributed by atoms with Gasteiger partial charge in [-0.25, -0.2) is 4.98 Å². The zero-order chi connectivity index (χ0) is 12.3. The highest BCUT2D eigenvalue weighted by atomic mass is 16.1. The Kier molecular flexibility index (Phi) is 3.30. The summed E-state index contributed by atoms with van der Waals surface area (Å²) >= 11 is 0. The zero-order valence-electron chi connectivity index (χ0n) is 9.27. The molecule has 5 heteroatoms. The smallest absolute Gasteiger partial charge is 0.278 e. The molecule has 0 amide bonds. The minimum atomic E-state index is -0.439. The van der Waals surface area contributed by atoms with Crippen LogP contribution in [0.2, 0.25) is 0 Å². The van der Waals surface area contributed by atoms with E-state index >= 15 is 0 Å². The lowest BCUT2D eigenvalue weighted by Crippen LogP contribution is -2.20. The van der Waals surface area contributed by atoms with Crippen molar-refractivity contribution < 1.29 is 4.79 Å². The maximum absolute atomic E-state index is 11.7. The van der Waals surface area contributed by atoms with Crippen LogP contribution in [0, 0.1) is 0 Å². The molecule has 1 aromatic heterocycles. The number of H-pyrrole nitrogens is 1. The molecule has 88 valence electrons. The number of nitrogens with two attached hydrogens (primary N) is 1. The second-order valence-electron chi connectivity index (χ2n) is 3.75. The highest BCUT2D eigenvalue weighted by molar-refractivity contribution is 5.95.